The van der Waals surface area contributed by atoms with Gasteiger partial charge in [-0.05, 0) is 42.6 Å². The van der Waals surface area contributed by atoms with Crippen LogP contribution in [-0.4, -0.2) is 23.8 Å². The number of halogens is 2. The first-order valence-corrected chi connectivity index (χ1v) is 6.26. The highest BCUT2D eigenvalue weighted by molar-refractivity contribution is 6.30. The lowest BCUT2D eigenvalue weighted by atomic mass is 9.78. The number of nitrogens with one attached hydrogen (secondary N) is 1. The van der Waals surface area contributed by atoms with E-state index in [9.17, 15) is 9.50 Å². The van der Waals surface area contributed by atoms with Crippen molar-refractivity contribution in [2.75, 3.05) is 13.1 Å². The molecule has 1 saturated heterocycles. The van der Waals surface area contributed by atoms with Gasteiger partial charge in [0.15, 0.2) is 0 Å². The number of piperidine rings is 1. The molecule has 0 spiro atoms. The molecule has 0 bridgehead atoms. The average molecular weight is 258 g/mol. The second-order valence-corrected chi connectivity index (χ2v) is 5.31. The summed E-state index contributed by atoms with van der Waals surface area (Å²) in [6, 6.07) is 4.48. The summed E-state index contributed by atoms with van der Waals surface area (Å²) in [5.74, 6) is -0.191. The summed E-state index contributed by atoms with van der Waals surface area (Å²) in [7, 11) is 0. The molecule has 2 atom stereocenters. The predicted molar refractivity (Wildman–Crippen MR) is 66.7 cm³/mol. The minimum Gasteiger partial charge on any atom is -0.389 e. The normalized spacial score (nSPS) is 29.3. The van der Waals surface area contributed by atoms with E-state index in [4.69, 9.17) is 11.6 Å². The molecule has 1 aliphatic rings. The zero-order valence-electron chi connectivity index (χ0n) is 9.84. The van der Waals surface area contributed by atoms with Crippen LogP contribution < -0.4 is 5.32 Å². The Bertz CT molecular complexity index is 412. The van der Waals surface area contributed by atoms with E-state index >= 15 is 0 Å². The quantitative estimate of drug-likeness (QED) is 0.853. The average Bonchev–Trinajstić information content (AvgIpc) is 2.28. The summed E-state index contributed by atoms with van der Waals surface area (Å²) in [5, 5.41) is 14.3. The van der Waals surface area contributed by atoms with Crippen LogP contribution in [0, 0.1) is 11.7 Å². The Kier molecular flexibility index (Phi) is 3.71. The molecule has 1 heterocycles. The Morgan fingerprint density at radius 2 is 2.35 bits per heavy atom. The maximum Gasteiger partial charge on any atom is 0.126 e. The molecule has 2 unspecified atom stereocenters. The van der Waals surface area contributed by atoms with Crippen LogP contribution in [0.1, 0.15) is 18.9 Å². The highest BCUT2D eigenvalue weighted by atomic mass is 35.5. The topological polar surface area (TPSA) is 32.3 Å². The third kappa shape index (κ3) is 2.79. The molecule has 1 aromatic carbocycles. The van der Waals surface area contributed by atoms with Crippen molar-refractivity contribution >= 4 is 11.6 Å². The van der Waals surface area contributed by atoms with Crippen LogP contribution in [0.4, 0.5) is 4.39 Å². The molecule has 0 aliphatic carbocycles. The SMILES string of the molecule is CC1CNCCC1(O)Cc1cc(Cl)ccc1F. The molecule has 0 saturated carbocycles. The molecule has 4 heteroatoms. The monoisotopic (exact) mass is 257 g/mol. The first-order chi connectivity index (χ1) is 8.01. The van der Waals surface area contributed by atoms with E-state index in [0.29, 0.717) is 23.4 Å². The van der Waals surface area contributed by atoms with Gasteiger partial charge in [-0.1, -0.05) is 18.5 Å². The van der Waals surface area contributed by atoms with Crippen LogP contribution in [0.3, 0.4) is 0 Å². The highest BCUT2D eigenvalue weighted by Gasteiger charge is 2.36. The maximum atomic E-state index is 13.6. The van der Waals surface area contributed by atoms with Crippen molar-refractivity contribution in [1.82, 2.24) is 5.32 Å². The summed E-state index contributed by atoms with van der Waals surface area (Å²) < 4.78 is 13.6. The molecule has 1 fully saturated rings. The van der Waals surface area contributed by atoms with E-state index < -0.39 is 5.60 Å². The van der Waals surface area contributed by atoms with Gasteiger partial charge >= 0.3 is 0 Å². The Hall–Kier alpha value is -0.640. The molecule has 1 aliphatic heterocycles. The third-order valence-corrected chi connectivity index (χ3v) is 3.84. The van der Waals surface area contributed by atoms with E-state index in [-0.39, 0.29) is 11.7 Å². The van der Waals surface area contributed by atoms with Crippen LogP contribution in [0.25, 0.3) is 0 Å². The fourth-order valence-corrected chi connectivity index (χ4v) is 2.53. The van der Waals surface area contributed by atoms with E-state index in [2.05, 4.69) is 5.32 Å². The van der Waals surface area contributed by atoms with Crippen LogP contribution in [0.5, 0.6) is 0 Å². The van der Waals surface area contributed by atoms with Gasteiger partial charge in [0.1, 0.15) is 5.82 Å². The molecular weight excluding hydrogens is 241 g/mol. The van der Waals surface area contributed by atoms with Crippen molar-refractivity contribution in [3.63, 3.8) is 0 Å². The number of hydrogen-bond acceptors (Lipinski definition) is 2. The minimum atomic E-state index is -0.837. The molecule has 0 radical (unpaired) electrons. The van der Waals surface area contributed by atoms with E-state index in [1.54, 1.807) is 6.07 Å². The van der Waals surface area contributed by atoms with Crippen molar-refractivity contribution in [2.24, 2.45) is 5.92 Å². The van der Waals surface area contributed by atoms with Gasteiger partial charge in [-0.3, -0.25) is 0 Å². The Morgan fingerprint density at radius 1 is 1.59 bits per heavy atom. The van der Waals surface area contributed by atoms with Crippen LogP contribution in [0.2, 0.25) is 5.02 Å². The molecular formula is C13H17ClFNO. The van der Waals surface area contributed by atoms with Gasteiger partial charge in [0.2, 0.25) is 0 Å². The standard InChI is InChI=1S/C13H17ClFNO/c1-9-8-16-5-4-13(9,17)7-10-6-11(14)2-3-12(10)15/h2-3,6,9,16-17H,4-5,7-8H2,1H3. The zero-order chi connectivity index (χ0) is 12.5. The Morgan fingerprint density at radius 3 is 3.06 bits per heavy atom. The van der Waals surface area contributed by atoms with Crippen molar-refractivity contribution in [3.8, 4) is 0 Å². The molecule has 17 heavy (non-hydrogen) atoms. The van der Waals surface area contributed by atoms with E-state index in [1.807, 2.05) is 6.92 Å². The fraction of sp³-hybridized carbons (Fsp3) is 0.538. The molecule has 0 amide bonds. The summed E-state index contributed by atoms with van der Waals surface area (Å²) >= 11 is 5.86. The summed E-state index contributed by atoms with van der Waals surface area (Å²) in [6.45, 7) is 3.51. The predicted octanol–water partition coefficient (Wildman–Crippen LogP) is 2.38. The van der Waals surface area contributed by atoms with Crippen molar-refractivity contribution < 1.29 is 9.50 Å². The number of rotatable bonds is 2. The second-order valence-electron chi connectivity index (χ2n) is 4.87. The second kappa shape index (κ2) is 4.92. The van der Waals surface area contributed by atoms with Gasteiger partial charge in [-0.15, -0.1) is 0 Å². The fourth-order valence-electron chi connectivity index (χ4n) is 2.33. The Balaban J connectivity index is 2.21. The van der Waals surface area contributed by atoms with Crippen LogP contribution in [-0.2, 0) is 6.42 Å². The number of hydrogen-bond donors (Lipinski definition) is 2. The molecule has 0 aromatic heterocycles. The summed E-state index contributed by atoms with van der Waals surface area (Å²) in [5.41, 5.74) is -0.342. The lowest BCUT2D eigenvalue weighted by Gasteiger charge is -2.38. The minimum absolute atomic E-state index is 0.106. The molecule has 2 nitrogen and oxygen atoms in total. The van der Waals surface area contributed by atoms with E-state index in [1.165, 1.54) is 12.1 Å². The maximum absolute atomic E-state index is 13.6. The number of benzene rings is 1. The highest BCUT2D eigenvalue weighted by Crippen LogP contribution is 2.30. The lowest BCUT2D eigenvalue weighted by Crippen LogP contribution is -2.50. The summed E-state index contributed by atoms with van der Waals surface area (Å²) in [4.78, 5) is 0. The van der Waals surface area contributed by atoms with Gasteiger partial charge in [0.05, 0.1) is 5.60 Å². The van der Waals surface area contributed by atoms with Gasteiger partial charge in [-0.25, -0.2) is 4.39 Å². The molecule has 2 rings (SSSR count). The van der Waals surface area contributed by atoms with Crippen molar-refractivity contribution in [2.45, 2.75) is 25.4 Å². The molecule has 94 valence electrons. The zero-order valence-corrected chi connectivity index (χ0v) is 10.6. The Labute approximate surface area is 106 Å². The summed E-state index contributed by atoms with van der Waals surface area (Å²) in [6.07, 6.45) is 0.961. The molecule has 2 N–H and O–H groups in total. The first-order valence-electron chi connectivity index (χ1n) is 5.88. The van der Waals surface area contributed by atoms with Crippen molar-refractivity contribution in [3.05, 3.63) is 34.6 Å². The van der Waals surface area contributed by atoms with Gasteiger partial charge in [0, 0.05) is 18.0 Å². The van der Waals surface area contributed by atoms with Gasteiger partial charge in [0.25, 0.3) is 0 Å². The van der Waals surface area contributed by atoms with Crippen molar-refractivity contribution in [1.29, 1.82) is 0 Å². The van der Waals surface area contributed by atoms with Crippen LogP contribution >= 0.6 is 11.6 Å². The van der Waals surface area contributed by atoms with Crippen LogP contribution in [0.15, 0.2) is 18.2 Å². The number of aliphatic hydroxyl groups is 1. The largest absolute Gasteiger partial charge is 0.389 e. The van der Waals surface area contributed by atoms with Gasteiger partial charge in [-0.2, -0.15) is 0 Å². The molecule has 1 aromatic rings. The third-order valence-electron chi connectivity index (χ3n) is 3.61. The smallest absolute Gasteiger partial charge is 0.126 e. The van der Waals surface area contributed by atoms with E-state index in [0.717, 1.165) is 13.1 Å². The van der Waals surface area contributed by atoms with Gasteiger partial charge < -0.3 is 10.4 Å². The first kappa shape index (κ1) is 12.8. The lowest BCUT2D eigenvalue weighted by molar-refractivity contribution is -0.0335.